The summed E-state index contributed by atoms with van der Waals surface area (Å²) in [5.41, 5.74) is 17.3. The Morgan fingerprint density at radius 2 is 1.93 bits per heavy atom. The highest BCUT2D eigenvalue weighted by molar-refractivity contribution is 5.97. The number of hydrogen-bond acceptors (Lipinski definition) is 6. The van der Waals surface area contributed by atoms with Gasteiger partial charge in [-0.15, -0.1) is 0 Å². The largest absolute Gasteiger partial charge is 0.402 e. The van der Waals surface area contributed by atoms with E-state index < -0.39 is 0 Å². The predicted molar refractivity (Wildman–Crippen MR) is 122 cm³/mol. The summed E-state index contributed by atoms with van der Waals surface area (Å²) < 4.78 is 0. The van der Waals surface area contributed by atoms with E-state index in [1.807, 2.05) is 31.4 Å². The van der Waals surface area contributed by atoms with Gasteiger partial charge in [0, 0.05) is 42.5 Å². The minimum Gasteiger partial charge on any atom is -0.402 e. The minimum atomic E-state index is 0.309. The molecule has 0 radical (unpaired) electrons. The lowest BCUT2D eigenvalue weighted by atomic mass is 9.94. The maximum Gasteiger partial charge on any atom is 0.132 e. The second-order valence-electron chi connectivity index (χ2n) is 6.88. The number of hydrogen-bond donors (Lipinski definition) is 5. The third-order valence-electron chi connectivity index (χ3n) is 4.83. The van der Waals surface area contributed by atoms with E-state index in [-0.39, 0.29) is 0 Å². The zero-order valence-electron chi connectivity index (χ0n) is 17.6. The maximum absolute atomic E-state index is 7.67. The van der Waals surface area contributed by atoms with Crippen molar-refractivity contribution in [3.05, 3.63) is 70.1 Å². The van der Waals surface area contributed by atoms with Crippen LogP contribution in [0.2, 0.25) is 0 Å². The molecule has 0 aliphatic carbocycles. The molecule has 154 valence electrons. The molecule has 0 bridgehead atoms. The molecular formula is C22H31N7. The lowest BCUT2D eigenvalue weighted by Crippen LogP contribution is -2.27. The van der Waals surface area contributed by atoms with Gasteiger partial charge in [0.05, 0.1) is 11.4 Å². The lowest BCUT2D eigenvalue weighted by Gasteiger charge is -2.23. The molecule has 0 saturated heterocycles. The monoisotopic (exact) mass is 393 g/mol. The van der Waals surface area contributed by atoms with Gasteiger partial charge >= 0.3 is 0 Å². The summed E-state index contributed by atoms with van der Waals surface area (Å²) in [6.45, 7) is 6.07. The summed E-state index contributed by atoms with van der Waals surface area (Å²) in [6, 6.07) is 0. The number of allylic oxidation sites excluding steroid dienone is 7. The Bertz CT molecular complexity index is 884. The van der Waals surface area contributed by atoms with Gasteiger partial charge in [-0.1, -0.05) is 13.8 Å². The van der Waals surface area contributed by atoms with Crippen LogP contribution in [0.5, 0.6) is 0 Å². The quantitative estimate of drug-likeness (QED) is 0.321. The molecule has 2 rings (SSSR count). The van der Waals surface area contributed by atoms with E-state index in [9.17, 15) is 0 Å². The van der Waals surface area contributed by atoms with Gasteiger partial charge in [0.25, 0.3) is 0 Å². The zero-order chi connectivity index (χ0) is 21.4. The van der Waals surface area contributed by atoms with E-state index in [1.54, 1.807) is 19.3 Å². The second-order valence-corrected chi connectivity index (χ2v) is 6.88. The average molecular weight is 394 g/mol. The Labute approximate surface area is 173 Å². The van der Waals surface area contributed by atoms with Gasteiger partial charge in [-0.05, 0) is 55.6 Å². The number of nitrogens with one attached hydrogen (secondary N) is 3. The van der Waals surface area contributed by atoms with Gasteiger partial charge in [-0.3, -0.25) is 4.99 Å². The first kappa shape index (κ1) is 21.9. The normalized spacial score (nSPS) is 18.1. The fraction of sp³-hybridized carbons (Fsp3) is 0.318. The van der Waals surface area contributed by atoms with Gasteiger partial charge in [0.1, 0.15) is 11.7 Å². The van der Waals surface area contributed by atoms with Crippen molar-refractivity contribution in [1.82, 2.24) is 10.6 Å². The van der Waals surface area contributed by atoms with Crippen molar-refractivity contribution in [2.45, 2.75) is 33.6 Å². The first-order valence-electron chi connectivity index (χ1n) is 9.76. The number of aliphatic imine (C=N–C) groups is 2. The van der Waals surface area contributed by atoms with Crippen LogP contribution >= 0.6 is 0 Å². The molecule has 0 fully saturated rings. The van der Waals surface area contributed by atoms with Crippen LogP contribution in [0.15, 0.2) is 80.1 Å². The molecule has 2 heterocycles. The highest BCUT2D eigenvalue weighted by Crippen LogP contribution is 2.23. The third-order valence-corrected chi connectivity index (χ3v) is 4.83. The molecule has 0 aromatic heterocycles. The molecule has 7 heteroatoms. The van der Waals surface area contributed by atoms with Crippen molar-refractivity contribution >= 4 is 18.3 Å². The molecule has 0 aromatic carbocycles. The molecular weight excluding hydrogens is 362 g/mol. The molecule has 29 heavy (non-hydrogen) atoms. The van der Waals surface area contributed by atoms with Crippen molar-refractivity contribution in [3.63, 3.8) is 0 Å². The number of rotatable bonds is 8. The number of amidine groups is 1. The van der Waals surface area contributed by atoms with Gasteiger partial charge in [0.15, 0.2) is 0 Å². The molecule has 0 atom stereocenters. The number of nitrogens with two attached hydrogens (primary N) is 2. The van der Waals surface area contributed by atoms with E-state index in [1.165, 1.54) is 6.21 Å². The number of fused-ring (bicyclic) bond motifs is 1. The molecule has 0 spiro atoms. The Hall–Kier alpha value is -3.35. The van der Waals surface area contributed by atoms with E-state index in [0.29, 0.717) is 23.3 Å². The van der Waals surface area contributed by atoms with Crippen LogP contribution in [0, 0.1) is 11.3 Å². The van der Waals surface area contributed by atoms with Crippen molar-refractivity contribution in [3.8, 4) is 0 Å². The Morgan fingerprint density at radius 3 is 2.52 bits per heavy atom. The van der Waals surface area contributed by atoms with Crippen LogP contribution in [-0.4, -0.2) is 25.3 Å². The summed E-state index contributed by atoms with van der Waals surface area (Å²) >= 11 is 0. The van der Waals surface area contributed by atoms with Crippen LogP contribution in [0.3, 0.4) is 0 Å². The third kappa shape index (κ3) is 5.57. The van der Waals surface area contributed by atoms with Crippen LogP contribution < -0.4 is 22.1 Å². The summed E-state index contributed by atoms with van der Waals surface area (Å²) in [7, 11) is 1.72. The minimum absolute atomic E-state index is 0.309. The summed E-state index contributed by atoms with van der Waals surface area (Å²) in [5.74, 6) is 1.30. The summed E-state index contributed by atoms with van der Waals surface area (Å²) in [4.78, 5) is 8.56. The highest BCUT2D eigenvalue weighted by Gasteiger charge is 2.17. The topological polar surface area (TPSA) is 125 Å². The van der Waals surface area contributed by atoms with Crippen molar-refractivity contribution in [2.24, 2.45) is 27.4 Å². The highest BCUT2D eigenvalue weighted by atomic mass is 15.1. The van der Waals surface area contributed by atoms with E-state index in [0.717, 1.165) is 41.0 Å². The molecule has 0 unspecified atom stereocenters. The molecule has 0 amide bonds. The van der Waals surface area contributed by atoms with Crippen LogP contribution in [-0.2, 0) is 0 Å². The zero-order valence-corrected chi connectivity index (χ0v) is 17.6. The van der Waals surface area contributed by atoms with Crippen LogP contribution in [0.25, 0.3) is 0 Å². The van der Waals surface area contributed by atoms with Gasteiger partial charge in [-0.2, -0.15) is 0 Å². The average Bonchev–Trinajstić information content (AvgIpc) is 2.71. The first-order chi connectivity index (χ1) is 13.9. The molecule has 2 aliphatic rings. The van der Waals surface area contributed by atoms with Crippen molar-refractivity contribution in [1.29, 1.82) is 5.41 Å². The number of dihydropyridines is 2. The Kier molecular flexibility index (Phi) is 7.77. The van der Waals surface area contributed by atoms with Crippen LogP contribution in [0.1, 0.15) is 33.6 Å². The Balaban J connectivity index is 2.26. The van der Waals surface area contributed by atoms with Gasteiger partial charge in [-0.25, -0.2) is 4.99 Å². The maximum atomic E-state index is 7.67. The van der Waals surface area contributed by atoms with E-state index in [2.05, 4.69) is 34.5 Å². The SMILES string of the molecule is CCC(CC)C(C=N)=CC(N)=NC1=CC=C2NC=C(C(C=NC)=C(C)N)C=C2N1. The number of nitrogens with zero attached hydrogens (tertiary/aromatic N) is 2. The van der Waals surface area contributed by atoms with Crippen molar-refractivity contribution < 1.29 is 0 Å². The smallest absolute Gasteiger partial charge is 0.132 e. The van der Waals surface area contributed by atoms with Gasteiger partial charge < -0.3 is 27.5 Å². The Morgan fingerprint density at radius 1 is 1.21 bits per heavy atom. The standard InChI is InChI=1S/C22H31N7/c1-5-15(6-2)16(11-23)10-21(25)29-22-8-7-19-20(28-22)9-17(12-27-19)18(13-26-4)14(3)24/h7-13,15,23,27-28H,5-6,24H2,1-4H3,(H2,25,29). The molecule has 0 aromatic rings. The second kappa shape index (κ2) is 10.3. The van der Waals surface area contributed by atoms with Crippen LogP contribution in [0.4, 0.5) is 0 Å². The molecule has 7 N–H and O–H groups in total. The lowest BCUT2D eigenvalue weighted by molar-refractivity contribution is 0.592. The van der Waals surface area contributed by atoms with E-state index in [4.69, 9.17) is 16.9 Å². The fourth-order valence-electron chi connectivity index (χ4n) is 3.22. The molecule has 0 saturated carbocycles. The van der Waals surface area contributed by atoms with Gasteiger partial charge in [0.2, 0.25) is 0 Å². The predicted octanol–water partition coefficient (Wildman–Crippen LogP) is 2.99. The molecule has 7 nitrogen and oxygen atoms in total. The van der Waals surface area contributed by atoms with Crippen molar-refractivity contribution in [2.75, 3.05) is 7.05 Å². The molecule has 2 aliphatic heterocycles. The fourth-order valence-corrected chi connectivity index (χ4v) is 3.22. The van der Waals surface area contributed by atoms with E-state index >= 15 is 0 Å². The summed E-state index contributed by atoms with van der Waals surface area (Å²) in [6.07, 6.45) is 14.5. The summed E-state index contributed by atoms with van der Waals surface area (Å²) in [5, 5.41) is 14.2. The first-order valence-corrected chi connectivity index (χ1v) is 9.76.